The van der Waals surface area contributed by atoms with Gasteiger partial charge in [-0.1, -0.05) is 48.5 Å². The average Bonchev–Trinajstić information content (AvgIpc) is 2.67. The molecule has 0 aromatic heterocycles. The van der Waals surface area contributed by atoms with Crippen molar-refractivity contribution in [2.24, 2.45) is 0 Å². The van der Waals surface area contributed by atoms with Gasteiger partial charge in [-0.3, -0.25) is 9.69 Å². The number of hydrogen-bond donors (Lipinski definition) is 2. The summed E-state index contributed by atoms with van der Waals surface area (Å²) in [5.74, 6) is 0.0887. The number of carboxylic acid groups (broad SMARTS) is 1. The Kier molecular flexibility index (Phi) is 6.26. The van der Waals surface area contributed by atoms with E-state index < -0.39 is 5.97 Å². The van der Waals surface area contributed by atoms with Crippen molar-refractivity contribution in [1.82, 2.24) is 10.2 Å². The van der Waals surface area contributed by atoms with E-state index in [0.717, 1.165) is 36.3 Å². The SMILES string of the molecule is COc1ccccc1CN[C@H]1CCCN(CC(=O)O)[C@H]1c1ccccc1. The first-order valence-corrected chi connectivity index (χ1v) is 9.05. The molecule has 0 saturated carbocycles. The second-order valence-corrected chi connectivity index (χ2v) is 6.66. The van der Waals surface area contributed by atoms with Crippen molar-refractivity contribution in [2.45, 2.75) is 31.5 Å². The van der Waals surface area contributed by atoms with Gasteiger partial charge in [0.2, 0.25) is 0 Å². The zero-order valence-electron chi connectivity index (χ0n) is 15.1. The highest BCUT2D eigenvalue weighted by molar-refractivity contribution is 5.69. The number of para-hydroxylation sites is 1. The fraction of sp³-hybridized carbons (Fsp3) is 0.381. The van der Waals surface area contributed by atoms with E-state index in [4.69, 9.17) is 4.74 Å². The second-order valence-electron chi connectivity index (χ2n) is 6.66. The molecule has 0 radical (unpaired) electrons. The average molecular weight is 354 g/mol. The first-order valence-electron chi connectivity index (χ1n) is 9.05. The summed E-state index contributed by atoms with van der Waals surface area (Å²) >= 11 is 0. The van der Waals surface area contributed by atoms with Crippen molar-refractivity contribution in [3.05, 3.63) is 65.7 Å². The van der Waals surface area contributed by atoms with E-state index in [1.165, 1.54) is 0 Å². The van der Waals surface area contributed by atoms with Crippen LogP contribution in [0.4, 0.5) is 0 Å². The Labute approximate surface area is 154 Å². The molecule has 2 aromatic rings. The van der Waals surface area contributed by atoms with Gasteiger partial charge in [0.15, 0.2) is 0 Å². The maximum Gasteiger partial charge on any atom is 0.317 e. The molecule has 0 bridgehead atoms. The predicted molar refractivity (Wildman–Crippen MR) is 101 cm³/mol. The number of aliphatic carboxylic acids is 1. The number of ether oxygens (including phenoxy) is 1. The lowest BCUT2D eigenvalue weighted by atomic mass is 9.90. The minimum Gasteiger partial charge on any atom is -0.496 e. The molecule has 1 saturated heterocycles. The predicted octanol–water partition coefficient (Wildman–Crippen LogP) is 3.08. The first-order chi connectivity index (χ1) is 12.7. The molecule has 1 fully saturated rings. The van der Waals surface area contributed by atoms with Crippen LogP contribution in [-0.4, -0.2) is 42.2 Å². The molecule has 5 nitrogen and oxygen atoms in total. The maximum absolute atomic E-state index is 11.3. The summed E-state index contributed by atoms with van der Waals surface area (Å²) < 4.78 is 5.44. The highest BCUT2D eigenvalue weighted by Crippen LogP contribution is 2.31. The van der Waals surface area contributed by atoms with Crippen molar-refractivity contribution in [3.8, 4) is 5.75 Å². The zero-order valence-corrected chi connectivity index (χ0v) is 15.1. The van der Waals surface area contributed by atoms with Gasteiger partial charge < -0.3 is 15.2 Å². The molecule has 1 aliphatic rings. The lowest BCUT2D eigenvalue weighted by molar-refractivity contribution is -0.139. The summed E-state index contributed by atoms with van der Waals surface area (Å²) in [4.78, 5) is 13.4. The van der Waals surface area contributed by atoms with Crippen LogP contribution in [0, 0.1) is 0 Å². The molecule has 0 spiro atoms. The lowest BCUT2D eigenvalue weighted by Gasteiger charge is -2.41. The Morgan fingerprint density at radius 3 is 2.65 bits per heavy atom. The fourth-order valence-electron chi connectivity index (χ4n) is 3.81. The van der Waals surface area contributed by atoms with E-state index in [1.54, 1.807) is 7.11 Å². The fourth-order valence-corrected chi connectivity index (χ4v) is 3.81. The molecule has 0 amide bonds. The van der Waals surface area contributed by atoms with Crippen LogP contribution in [0.25, 0.3) is 0 Å². The maximum atomic E-state index is 11.3. The van der Waals surface area contributed by atoms with Crippen LogP contribution in [0.3, 0.4) is 0 Å². The van der Waals surface area contributed by atoms with Gasteiger partial charge in [-0.2, -0.15) is 0 Å². The largest absolute Gasteiger partial charge is 0.496 e. The van der Waals surface area contributed by atoms with Crippen LogP contribution >= 0.6 is 0 Å². The second kappa shape index (κ2) is 8.83. The van der Waals surface area contributed by atoms with Gasteiger partial charge >= 0.3 is 5.97 Å². The van der Waals surface area contributed by atoms with E-state index >= 15 is 0 Å². The van der Waals surface area contributed by atoms with Crippen molar-refractivity contribution < 1.29 is 14.6 Å². The number of likely N-dealkylation sites (tertiary alicyclic amines) is 1. The quantitative estimate of drug-likeness (QED) is 0.800. The van der Waals surface area contributed by atoms with Crippen molar-refractivity contribution in [1.29, 1.82) is 0 Å². The van der Waals surface area contributed by atoms with Gasteiger partial charge in [-0.05, 0) is 31.0 Å². The number of carboxylic acids is 1. The number of methoxy groups -OCH3 is 1. The number of carbonyl (C=O) groups is 1. The Balaban J connectivity index is 1.79. The normalized spacial score (nSPS) is 20.7. The number of nitrogens with zero attached hydrogens (tertiary/aromatic N) is 1. The molecule has 138 valence electrons. The first kappa shape index (κ1) is 18.4. The van der Waals surface area contributed by atoms with Crippen molar-refractivity contribution >= 4 is 5.97 Å². The lowest BCUT2D eigenvalue weighted by Crippen LogP contribution is -2.49. The zero-order chi connectivity index (χ0) is 18.4. The highest BCUT2D eigenvalue weighted by Gasteiger charge is 2.33. The monoisotopic (exact) mass is 354 g/mol. The van der Waals surface area contributed by atoms with E-state index in [1.807, 2.05) is 36.4 Å². The molecule has 0 unspecified atom stereocenters. The molecule has 0 aliphatic carbocycles. The van der Waals surface area contributed by atoms with E-state index in [-0.39, 0.29) is 18.6 Å². The minimum absolute atomic E-state index is 0.0516. The molecule has 2 atom stereocenters. The van der Waals surface area contributed by atoms with Gasteiger partial charge in [0.25, 0.3) is 0 Å². The van der Waals surface area contributed by atoms with Crippen LogP contribution in [0.15, 0.2) is 54.6 Å². The Bertz CT molecular complexity index is 720. The van der Waals surface area contributed by atoms with Crippen LogP contribution in [0.1, 0.15) is 30.0 Å². The highest BCUT2D eigenvalue weighted by atomic mass is 16.5. The summed E-state index contributed by atoms with van der Waals surface area (Å²) in [5, 5.41) is 13.0. The molecule has 5 heteroatoms. The summed E-state index contributed by atoms with van der Waals surface area (Å²) in [6, 6.07) is 18.4. The molecular weight excluding hydrogens is 328 g/mol. The minimum atomic E-state index is -0.781. The molecule has 1 heterocycles. The number of nitrogens with one attached hydrogen (secondary N) is 1. The van der Waals surface area contributed by atoms with E-state index in [9.17, 15) is 9.90 Å². The van der Waals surface area contributed by atoms with Gasteiger partial charge in [0.05, 0.1) is 19.7 Å². The van der Waals surface area contributed by atoms with Gasteiger partial charge in [-0.25, -0.2) is 0 Å². The van der Waals surface area contributed by atoms with Crippen LogP contribution in [0.2, 0.25) is 0 Å². The van der Waals surface area contributed by atoms with Gasteiger partial charge in [-0.15, -0.1) is 0 Å². The summed E-state index contributed by atoms with van der Waals surface area (Å²) in [6.45, 7) is 1.56. The Morgan fingerprint density at radius 2 is 1.92 bits per heavy atom. The van der Waals surface area contributed by atoms with Crippen molar-refractivity contribution in [3.63, 3.8) is 0 Å². The molecule has 3 rings (SSSR count). The van der Waals surface area contributed by atoms with E-state index in [2.05, 4.69) is 28.4 Å². The molecule has 26 heavy (non-hydrogen) atoms. The number of benzene rings is 2. The standard InChI is InChI=1S/C21H26N2O3/c1-26-19-12-6-5-10-17(19)14-22-18-11-7-13-23(15-20(24)25)21(18)16-8-3-2-4-9-16/h2-6,8-10,12,18,21-22H,7,11,13-15H2,1H3,(H,24,25)/t18-,21-/m0/s1. The van der Waals surface area contributed by atoms with Crippen LogP contribution in [-0.2, 0) is 11.3 Å². The van der Waals surface area contributed by atoms with Gasteiger partial charge in [0, 0.05) is 18.2 Å². The summed E-state index contributed by atoms with van der Waals surface area (Å²) in [5.41, 5.74) is 2.27. The number of hydrogen-bond acceptors (Lipinski definition) is 4. The summed E-state index contributed by atoms with van der Waals surface area (Å²) in [7, 11) is 1.68. The molecular formula is C21H26N2O3. The molecule has 2 aromatic carbocycles. The Morgan fingerprint density at radius 1 is 1.19 bits per heavy atom. The Hall–Kier alpha value is -2.37. The van der Waals surface area contributed by atoms with Crippen molar-refractivity contribution in [2.75, 3.05) is 20.2 Å². The van der Waals surface area contributed by atoms with E-state index in [0.29, 0.717) is 6.54 Å². The number of rotatable bonds is 7. The summed E-state index contributed by atoms with van der Waals surface area (Å²) in [6.07, 6.45) is 2.00. The third-order valence-electron chi connectivity index (χ3n) is 4.96. The molecule has 2 N–H and O–H groups in total. The van der Waals surface area contributed by atoms with Crippen LogP contribution in [0.5, 0.6) is 5.75 Å². The third kappa shape index (κ3) is 4.42. The number of piperidine rings is 1. The molecule has 1 aliphatic heterocycles. The topological polar surface area (TPSA) is 61.8 Å². The smallest absolute Gasteiger partial charge is 0.317 e. The third-order valence-corrected chi connectivity index (χ3v) is 4.96. The van der Waals surface area contributed by atoms with Crippen LogP contribution < -0.4 is 10.1 Å². The van der Waals surface area contributed by atoms with Gasteiger partial charge in [0.1, 0.15) is 5.75 Å².